The van der Waals surface area contributed by atoms with E-state index in [1.54, 1.807) is 0 Å². The molecular formula is C10H15N3O. The standard InChI is InChI=1S/C10H15N3O/c1-8-3-5-13(6-4-8)7-10-12-11-9(2)14-10/h1,3-7H2,2H3. The van der Waals surface area contributed by atoms with Gasteiger partial charge in [-0.2, -0.15) is 0 Å². The van der Waals surface area contributed by atoms with E-state index < -0.39 is 0 Å². The van der Waals surface area contributed by atoms with Crippen molar-refractivity contribution in [3.63, 3.8) is 0 Å². The second-order valence-electron chi connectivity index (χ2n) is 3.74. The van der Waals surface area contributed by atoms with Gasteiger partial charge in [-0.25, -0.2) is 0 Å². The third-order valence-corrected chi connectivity index (χ3v) is 2.49. The van der Waals surface area contributed by atoms with Crippen LogP contribution < -0.4 is 0 Å². The molecule has 1 fully saturated rings. The molecule has 1 aliphatic rings. The fraction of sp³-hybridized carbons (Fsp3) is 0.600. The van der Waals surface area contributed by atoms with E-state index in [1.807, 2.05) is 6.92 Å². The molecule has 2 rings (SSSR count). The molecule has 14 heavy (non-hydrogen) atoms. The molecule has 0 N–H and O–H groups in total. The molecule has 4 nitrogen and oxygen atoms in total. The minimum absolute atomic E-state index is 0.640. The van der Waals surface area contributed by atoms with Crippen LogP contribution in [0.3, 0.4) is 0 Å². The SMILES string of the molecule is C=C1CCN(Cc2nnc(C)o2)CC1. The van der Waals surface area contributed by atoms with Crippen molar-refractivity contribution in [3.8, 4) is 0 Å². The average molecular weight is 193 g/mol. The lowest BCUT2D eigenvalue weighted by Crippen LogP contribution is -2.30. The van der Waals surface area contributed by atoms with Gasteiger partial charge in [0.1, 0.15) is 0 Å². The first kappa shape index (κ1) is 9.40. The fourth-order valence-electron chi connectivity index (χ4n) is 1.62. The molecule has 76 valence electrons. The summed E-state index contributed by atoms with van der Waals surface area (Å²) in [6.45, 7) is 8.68. The van der Waals surface area contributed by atoms with Crippen LogP contribution in [-0.4, -0.2) is 28.2 Å². The summed E-state index contributed by atoms with van der Waals surface area (Å²) in [5, 5.41) is 7.78. The summed E-state index contributed by atoms with van der Waals surface area (Å²) in [6.07, 6.45) is 2.18. The first-order chi connectivity index (χ1) is 6.74. The van der Waals surface area contributed by atoms with Gasteiger partial charge in [0.25, 0.3) is 0 Å². The van der Waals surface area contributed by atoms with Crippen LogP contribution in [0, 0.1) is 6.92 Å². The van der Waals surface area contributed by atoms with Crippen LogP contribution in [0.5, 0.6) is 0 Å². The molecule has 0 bridgehead atoms. The summed E-state index contributed by atoms with van der Waals surface area (Å²) in [4.78, 5) is 2.32. The van der Waals surface area contributed by atoms with E-state index in [9.17, 15) is 0 Å². The van der Waals surface area contributed by atoms with Gasteiger partial charge < -0.3 is 4.42 Å². The van der Waals surface area contributed by atoms with Crippen LogP contribution in [0.2, 0.25) is 0 Å². The van der Waals surface area contributed by atoms with Gasteiger partial charge in [-0.05, 0) is 12.8 Å². The molecule has 1 saturated heterocycles. The number of piperidine rings is 1. The van der Waals surface area contributed by atoms with Gasteiger partial charge in [-0.15, -0.1) is 10.2 Å². The zero-order chi connectivity index (χ0) is 9.97. The van der Waals surface area contributed by atoms with Gasteiger partial charge >= 0.3 is 0 Å². The van der Waals surface area contributed by atoms with E-state index in [4.69, 9.17) is 4.42 Å². The first-order valence-corrected chi connectivity index (χ1v) is 4.92. The third kappa shape index (κ3) is 2.20. The van der Waals surface area contributed by atoms with Crippen molar-refractivity contribution in [1.29, 1.82) is 0 Å². The number of aromatic nitrogens is 2. The number of hydrogen-bond acceptors (Lipinski definition) is 4. The normalized spacial score (nSPS) is 18.8. The van der Waals surface area contributed by atoms with Gasteiger partial charge in [-0.1, -0.05) is 12.2 Å². The number of likely N-dealkylation sites (tertiary alicyclic amines) is 1. The molecule has 0 saturated carbocycles. The molecule has 2 heterocycles. The van der Waals surface area contributed by atoms with Gasteiger partial charge in [0.15, 0.2) is 0 Å². The highest BCUT2D eigenvalue weighted by molar-refractivity contribution is 4.99. The van der Waals surface area contributed by atoms with E-state index in [0.717, 1.165) is 38.4 Å². The Hall–Kier alpha value is -1.16. The number of nitrogens with zero attached hydrogens (tertiary/aromatic N) is 3. The smallest absolute Gasteiger partial charge is 0.230 e. The van der Waals surface area contributed by atoms with Crippen LogP contribution in [0.15, 0.2) is 16.6 Å². The fourth-order valence-corrected chi connectivity index (χ4v) is 1.62. The highest BCUT2D eigenvalue weighted by Gasteiger charge is 2.15. The van der Waals surface area contributed by atoms with E-state index in [-0.39, 0.29) is 0 Å². The molecule has 1 aromatic heterocycles. The van der Waals surface area contributed by atoms with Crippen molar-refractivity contribution < 1.29 is 4.42 Å². The van der Waals surface area contributed by atoms with Crippen LogP contribution in [0.1, 0.15) is 24.6 Å². The van der Waals surface area contributed by atoms with Crippen LogP contribution in [0.25, 0.3) is 0 Å². The lowest BCUT2D eigenvalue weighted by atomic mass is 10.1. The molecule has 0 unspecified atom stereocenters. The predicted octanol–water partition coefficient (Wildman–Crippen LogP) is 1.53. The second kappa shape index (κ2) is 3.92. The Kier molecular flexibility index (Phi) is 2.63. The first-order valence-electron chi connectivity index (χ1n) is 4.92. The number of aryl methyl sites for hydroxylation is 1. The lowest BCUT2D eigenvalue weighted by molar-refractivity contribution is 0.223. The molecule has 0 spiro atoms. The largest absolute Gasteiger partial charge is 0.424 e. The van der Waals surface area contributed by atoms with Crippen molar-refractivity contribution >= 4 is 0 Å². The molecule has 1 aliphatic heterocycles. The van der Waals surface area contributed by atoms with E-state index >= 15 is 0 Å². The lowest BCUT2D eigenvalue weighted by Gasteiger charge is -2.26. The summed E-state index contributed by atoms with van der Waals surface area (Å²) in [5.74, 6) is 1.36. The van der Waals surface area contributed by atoms with Crippen LogP contribution in [0.4, 0.5) is 0 Å². The Labute approximate surface area is 83.6 Å². The van der Waals surface area contributed by atoms with E-state index in [2.05, 4.69) is 21.7 Å². The van der Waals surface area contributed by atoms with Crippen molar-refractivity contribution in [2.75, 3.05) is 13.1 Å². The minimum Gasteiger partial charge on any atom is -0.424 e. The van der Waals surface area contributed by atoms with Gasteiger partial charge in [0, 0.05) is 20.0 Å². The maximum absolute atomic E-state index is 5.33. The molecule has 0 amide bonds. The van der Waals surface area contributed by atoms with Gasteiger partial charge in [0.05, 0.1) is 6.54 Å². The topological polar surface area (TPSA) is 42.2 Å². The summed E-state index contributed by atoms with van der Waals surface area (Å²) in [6, 6.07) is 0. The Morgan fingerprint density at radius 1 is 1.36 bits per heavy atom. The molecule has 0 aliphatic carbocycles. The van der Waals surface area contributed by atoms with E-state index in [1.165, 1.54) is 5.57 Å². The van der Waals surface area contributed by atoms with Crippen LogP contribution >= 0.6 is 0 Å². The maximum Gasteiger partial charge on any atom is 0.230 e. The highest BCUT2D eigenvalue weighted by Crippen LogP contribution is 2.15. The second-order valence-corrected chi connectivity index (χ2v) is 3.74. The molecular weight excluding hydrogens is 178 g/mol. The Bertz CT molecular complexity index is 322. The quantitative estimate of drug-likeness (QED) is 0.668. The molecule has 1 aromatic rings. The zero-order valence-electron chi connectivity index (χ0n) is 8.49. The van der Waals surface area contributed by atoms with Crippen molar-refractivity contribution in [1.82, 2.24) is 15.1 Å². The van der Waals surface area contributed by atoms with Crippen molar-refractivity contribution in [3.05, 3.63) is 23.9 Å². The Morgan fingerprint density at radius 3 is 2.64 bits per heavy atom. The van der Waals surface area contributed by atoms with E-state index in [0.29, 0.717) is 5.89 Å². The molecule has 4 heteroatoms. The number of rotatable bonds is 2. The van der Waals surface area contributed by atoms with Crippen molar-refractivity contribution in [2.45, 2.75) is 26.3 Å². The summed E-state index contributed by atoms with van der Waals surface area (Å²) in [7, 11) is 0. The highest BCUT2D eigenvalue weighted by atomic mass is 16.4. The minimum atomic E-state index is 0.640. The van der Waals surface area contributed by atoms with Crippen LogP contribution in [-0.2, 0) is 6.54 Å². The third-order valence-electron chi connectivity index (χ3n) is 2.49. The maximum atomic E-state index is 5.33. The zero-order valence-corrected chi connectivity index (χ0v) is 8.49. The molecule has 0 radical (unpaired) electrons. The van der Waals surface area contributed by atoms with Gasteiger partial charge in [-0.3, -0.25) is 4.90 Å². The monoisotopic (exact) mass is 193 g/mol. The Balaban J connectivity index is 1.89. The van der Waals surface area contributed by atoms with Gasteiger partial charge in [0.2, 0.25) is 11.8 Å². The molecule has 0 atom stereocenters. The van der Waals surface area contributed by atoms with Crippen molar-refractivity contribution in [2.24, 2.45) is 0 Å². The number of hydrogen-bond donors (Lipinski definition) is 0. The Morgan fingerprint density at radius 2 is 2.07 bits per heavy atom. The average Bonchev–Trinajstić information content (AvgIpc) is 2.56. The summed E-state index contributed by atoms with van der Waals surface area (Å²) in [5.41, 5.74) is 1.35. The molecule has 0 aromatic carbocycles. The predicted molar refractivity (Wildman–Crippen MR) is 52.7 cm³/mol. The summed E-state index contributed by atoms with van der Waals surface area (Å²) < 4.78 is 5.33. The summed E-state index contributed by atoms with van der Waals surface area (Å²) >= 11 is 0.